The quantitative estimate of drug-likeness (QED) is 0.253. The van der Waals surface area contributed by atoms with Gasteiger partial charge in [-0.25, -0.2) is 5.01 Å². The molecule has 0 spiro atoms. The number of hydrogen-bond donors (Lipinski definition) is 0. The lowest BCUT2D eigenvalue weighted by atomic mass is 10.2. The van der Waals surface area contributed by atoms with Crippen LogP contribution >= 0.6 is 0 Å². The molecular formula is C10H12N4O4. The van der Waals surface area contributed by atoms with E-state index >= 15 is 0 Å². The van der Waals surface area contributed by atoms with E-state index in [0.717, 1.165) is 5.56 Å². The highest BCUT2D eigenvalue weighted by atomic mass is 16.6. The molecule has 0 aliphatic carbocycles. The summed E-state index contributed by atoms with van der Waals surface area (Å²) in [6, 6.07) is 4.31. The van der Waals surface area contributed by atoms with Crippen LogP contribution in [0, 0.1) is 17.0 Å². The average molecular weight is 252 g/mol. The summed E-state index contributed by atoms with van der Waals surface area (Å²) in [4.78, 5) is 20.1. The van der Waals surface area contributed by atoms with Crippen LogP contribution in [0.1, 0.15) is 5.56 Å². The Bertz CT molecular complexity index is 475. The first-order valence-corrected chi connectivity index (χ1v) is 4.97. The third kappa shape index (κ3) is 3.81. The highest BCUT2D eigenvalue weighted by Gasteiger charge is 2.08. The van der Waals surface area contributed by atoms with Crippen LogP contribution in [0.3, 0.4) is 0 Å². The number of nitro groups is 1. The predicted octanol–water partition coefficient (Wildman–Crippen LogP) is 1.96. The minimum Gasteiger partial charge on any atom is -0.445 e. The Morgan fingerprint density at radius 2 is 2.28 bits per heavy atom. The second kappa shape index (κ2) is 6.28. The number of carbonyl (C=O) groups is 1. The highest BCUT2D eigenvalue weighted by molar-refractivity contribution is 5.52. The molecule has 0 aliphatic rings. The Hall–Kier alpha value is -2.51. The molecule has 1 aromatic carbocycles. The van der Waals surface area contributed by atoms with Gasteiger partial charge in [-0.1, -0.05) is 11.3 Å². The van der Waals surface area contributed by atoms with Crippen LogP contribution in [-0.2, 0) is 9.53 Å². The molecular weight excluding hydrogens is 240 g/mol. The van der Waals surface area contributed by atoms with Crippen LogP contribution in [0.4, 0.5) is 11.4 Å². The standard InChI is InChI=1S/C10H12N4O4/c1-8-3-4-9(14(16)17)5-10(8)11-12-13(2)6-18-7-15/h3-5,7H,6H2,1-2H3/b12-11+. The van der Waals surface area contributed by atoms with Crippen molar-refractivity contribution in [2.45, 2.75) is 6.92 Å². The largest absolute Gasteiger partial charge is 0.445 e. The molecule has 0 amide bonds. The van der Waals surface area contributed by atoms with Gasteiger partial charge < -0.3 is 4.74 Å². The van der Waals surface area contributed by atoms with Gasteiger partial charge >= 0.3 is 0 Å². The van der Waals surface area contributed by atoms with Crippen LogP contribution < -0.4 is 0 Å². The van der Waals surface area contributed by atoms with E-state index in [2.05, 4.69) is 15.1 Å². The third-order valence-corrected chi connectivity index (χ3v) is 2.04. The van der Waals surface area contributed by atoms with E-state index in [-0.39, 0.29) is 12.4 Å². The van der Waals surface area contributed by atoms with Gasteiger partial charge in [-0.05, 0) is 12.5 Å². The summed E-state index contributed by atoms with van der Waals surface area (Å²) in [5.41, 5.74) is 1.09. The van der Waals surface area contributed by atoms with E-state index in [1.54, 1.807) is 20.0 Å². The van der Waals surface area contributed by atoms with Gasteiger partial charge in [0.05, 0.1) is 10.6 Å². The molecule has 0 saturated heterocycles. The van der Waals surface area contributed by atoms with Crippen molar-refractivity contribution in [3.63, 3.8) is 0 Å². The van der Waals surface area contributed by atoms with E-state index in [1.807, 2.05) is 0 Å². The van der Waals surface area contributed by atoms with Crippen LogP contribution in [0.5, 0.6) is 0 Å². The molecule has 1 rings (SSSR count). The SMILES string of the molecule is Cc1ccc([N+](=O)[O-])cc1/N=N/N(C)COC=O. The van der Waals surface area contributed by atoms with Crippen LogP contribution in [-0.4, -0.2) is 30.2 Å². The summed E-state index contributed by atoms with van der Waals surface area (Å²) < 4.78 is 4.46. The van der Waals surface area contributed by atoms with E-state index < -0.39 is 4.92 Å². The number of non-ortho nitro benzene ring substituents is 1. The minimum atomic E-state index is -0.502. The number of nitro benzene ring substituents is 1. The van der Waals surface area contributed by atoms with Crippen molar-refractivity contribution in [2.24, 2.45) is 10.3 Å². The lowest BCUT2D eigenvalue weighted by Crippen LogP contribution is -2.13. The van der Waals surface area contributed by atoms with Crippen LogP contribution in [0.15, 0.2) is 28.5 Å². The smallest absolute Gasteiger partial charge is 0.294 e. The zero-order valence-corrected chi connectivity index (χ0v) is 9.94. The number of ether oxygens (including phenoxy) is 1. The second-order valence-electron chi connectivity index (χ2n) is 3.47. The summed E-state index contributed by atoms with van der Waals surface area (Å²) >= 11 is 0. The summed E-state index contributed by atoms with van der Waals surface area (Å²) in [5, 5.41) is 19.5. The van der Waals surface area contributed by atoms with Crippen molar-refractivity contribution in [2.75, 3.05) is 13.8 Å². The van der Waals surface area contributed by atoms with Gasteiger partial charge in [0.15, 0.2) is 6.73 Å². The maximum Gasteiger partial charge on any atom is 0.294 e. The molecule has 0 N–H and O–H groups in total. The number of aryl methyl sites for hydroxylation is 1. The number of hydrogen-bond acceptors (Lipinski definition) is 6. The zero-order chi connectivity index (χ0) is 13.5. The van der Waals surface area contributed by atoms with Crippen molar-refractivity contribution >= 4 is 17.8 Å². The third-order valence-electron chi connectivity index (χ3n) is 2.04. The van der Waals surface area contributed by atoms with Gasteiger partial charge in [-0.15, -0.1) is 5.11 Å². The van der Waals surface area contributed by atoms with Crippen molar-refractivity contribution in [1.82, 2.24) is 5.01 Å². The van der Waals surface area contributed by atoms with Crippen molar-refractivity contribution in [1.29, 1.82) is 0 Å². The fraction of sp³-hybridized carbons (Fsp3) is 0.300. The molecule has 96 valence electrons. The lowest BCUT2D eigenvalue weighted by Gasteiger charge is -2.08. The molecule has 18 heavy (non-hydrogen) atoms. The van der Waals surface area contributed by atoms with Gasteiger partial charge in [0.2, 0.25) is 0 Å². The molecule has 0 unspecified atom stereocenters. The Kier molecular flexibility index (Phi) is 4.73. The Balaban J connectivity index is 2.82. The molecule has 1 aromatic rings. The van der Waals surface area contributed by atoms with Gasteiger partial charge in [0.1, 0.15) is 0 Å². The van der Waals surface area contributed by atoms with Crippen molar-refractivity contribution in [3.8, 4) is 0 Å². The van der Waals surface area contributed by atoms with Gasteiger partial charge in [-0.2, -0.15) is 0 Å². The highest BCUT2D eigenvalue weighted by Crippen LogP contribution is 2.24. The maximum absolute atomic E-state index is 10.6. The molecule has 0 heterocycles. The molecule has 0 saturated carbocycles. The summed E-state index contributed by atoms with van der Waals surface area (Å²) in [6.45, 7) is 2.02. The molecule has 0 aromatic heterocycles. The van der Waals surface area contributed by atoms with Crippen molar-refractivity contribution < 1.29 is 14.5 Å². The van der Waals surface area contributed by atoms with E-state index in [4.69, 9.17) is 0 Å². The monoisotopic (exact) mass is 252 g/mol. The number of nitrogens with zero attached hydrogens (tertiary/aromatic N) is 4. The molecule has 0 radical (unpaired) electrons. The summed E-state index contributed by atoms with van der Waals surface area (Å²) in [6.07, 6.45) is 0. The topological polar surface area (TPSA) is 97.4 Å². The average Bonchev–Trinajstić information content (AvgIpc) is 2.35. The maximum atomic E-state index is 10.6. The normalized spacial score (nSPS) is 10.3. The van der Waals surface area contributed by atoms with Gasteiger partial charge in [-0.3, -0.25) is 14.9 Å². The molecule has 0 atom stereocenters. The fourth-order valence-electron chi connectivity index (χ4n) is 1.11. The number of rotatable bonds is 6. The number of benzene rings is 1. The lowest BCUT2D eigenvalue weighted by molar-refractivity contribution is -0.384. The Morgan fingerprint density at radius 1 is 1.56 bits per heavy atom. The van der Waals surface area contributed by atoms with Crippen LogP contribution in [0.2, 0.25) is 0 Å². The first-order chi connectivity index (χ1) is 8.54. The zero-order valence-electron chi connectivity index (χ0n) is 9.94. The molecule has 8 heteroatoms. The van der Waals surface area contributed by atoms with E-state index in [1.165, 1.54) is 17.1 Å². The van der Waals surface area contributed by atoms with Crippen molar-refractivity contribution in [3.05, 3.63) is 33.9 Å². The Morgan fingerprint density at radius 3 is 2.89 bits per heavy atom. The fourth-order valence-corrected chi connectivity index (χ4v) is 1.11. The molecule has 8 nitrogen and oxygen atoms in total. The van der Waals surface area contributed by atoms with E-state index in [9.17, 15) is 14.9 Å². The van der Waals surface area contributed by atoms with Gasteiger partial charge in [0, 0.05) is 19.2 Å². The predicted molar refractivity (Wildman–Crippen MR) is 62.1 cm³/mol. The summed E-state index contributed by atoms with van der Waals surface area (Å²) in [7, 11) is 1.56. The second-order valence-corrected chi connectivity index (χ2v) is 3.47. The first kappa shape index (κ1) is 13.6. The van der Waals surface area contributed by atoms with Crippen LogP contribution in [0.25, 0.3) is 0 Å². The number of carbonyl (C=O) groups excluding carboxylic acids is 1. The van der Waals surface area contributed by atoms with E-state index in [0.29, 0.717) is 12.2 Å². The Labute approximate surface area is 103 Å². The minimum absolute atomic E-state index is 0.0407. The summed E-state index contributed by atoms with van der Waals surface area (Å²) in [5.74, 6) is 0. The first-order valence-electron chi connectivity index (χ1n) is 4.97. The molecule has 0 fully saturated rings. The molecule has 0 bridgehead atoms. The van der Waals surface area contributed by atoms with Gasteiger partial charge in [0.25, 0.3) is 12.2 Å². The molecule has 0 aliphatic heterocycles.